The third-order valence-corrected chi connectivity index (χ3v) is 5.02. The first kappa shape index (κ1) is 19.4. The summed E-state index contributed by atoms with van der Waals surface area (Å²) in [5.74, 6) is -0.838. The van der Waals surface area contributed by atoms with E-state index in [2.05, 4.69) is 19.2 Å². The third kappa shape index (κ3) is 4.79. The molecule has 0 radical (unpaired) electrons. The lowest BCUT2D eigenvalue weighted by Gasteiger charge is -2.35. The van der Waals surface area contributed by atoms with Crippen LogP contribution in [-0.4, -0.2) is 37.1 Å². The highest BCUT2D eigenvalue weighted by molar-refractivity contribution is 8.03. The maximum absolute atomic E-state index is 13.5. The Hall–Kier alpha value is -1.93. The zero-order valence-corrected chi connectivity index (χ0v) is 15.7. The van der Waals surface area contributed by atoms with Gasteiger partial charge in [0.2, 0.25) is 5.85 Å². The Bertz CT molecular complexity index is 668. The molecule has 138 valence electrons. The highest BCUT2D eigenvalue weighted by Gasteiger charge is 2.41. The second-order valence-corrected chi connectivity index (χ2v) is 7.18. The van der Waals surface area contributed by atoms with E-state index in [9.17, 15) is 9.18 Å². The number of carbonyl (C=O) groups is 1. The molecule has 0 fully saturated rings. The van der Waals surface area contributed by atoms with Crippen LogP contribution in [-0.2, 0) is 9.47 Å². The van der Waals surface area contributed by atoms with E-state index in [1.54, 1.807) is 6.07 Å². The van der Waals surface area contributed by atoms with Crippen LogP contribution in [0.1, 0.15) is 20.8 Å². The van der Waals surface area contributed by atoms with Crippen molar-refractivity contribution in [1.82, 2.24) is 10.2 Å². The third-order valence-electron chi connectivity index (χ3n) is 3.84. The molecule has 0 bridgehead atoms. The van der Waals surface area contributed by atoms with Crippen LogP contribution in [0.2, 0.25) is 0 Å². The van der Waals surface area contributed by atoms with Gasteiger partial charge < -0.3 is 25.4 Å². The maximum Gasteiger partial charge on any atom is 0.404 e. The van der Waals surface area contributed by atoms with Crippen LogP contribution in [0.5, 0.6) is 0 Å². The number of nitrogens with zero attached hydrogens (tertiary/aromatic N) is 1. The number of rotatable bonds is 7. The Labute approximate surface area is 151 Å². The standard InChI is InChI=1S/C17H24FN3O3S/c1-11(2)14-15(25-13-7-5-6-12(18)10-13)21(4)17(3,20-14)24-9-8-23-16(19)22/h5-7,10-11,20H,8-9H2,1-4H3,(H2,19,22). The summed E-state index contributed by atoms with van der Waals surface area (Å²) in [4.78, 5) is 13.4. The van der Waals surface area contributed by atoms with Crippen LogP contribution in [0.3, 0.4) is 0 Å². The van der Waals surface area contributed by atoms with Gasteiger partial charge in [0.05, 0.1) is 11.6 Å². The van der Waals surface area contributed by atoms with Crippen LogP contribution in [0, 0.1) is 11.7 Å². The molecule has 0 aromatic heterocycles. The van der Waals surface area contributed by atoms with E-state index < -0.39 is 11.9 Å². The van der Waals surface area contributed by atoms with Crippen molar-refractivity contribution in [2.45, 2.75) is 31.5 Å². The number of nitrogens with one attached hydrogen (secondary N) is 1. The number of hydrogen-bond donors (Lipinski definition) is 2. The van der Waals surface area contributed by atoms with Crippen LogP contribution >= 0.6 is 11.8 Å². The summed E-state index contributed by atoms with van der Waals surface area (Å²) in [6.45, 7) is 6.30. The van der Waals surface area contributed by atoms with Gasteiger partial charge in [0, 0.05) is 24.6 Å². The fraction of sp³-hybridized carbons (Fsp3) is 0.471. The van der Waals surface area contributed by atoms with Crippen molar-refractivity contribution < 1.29 is 18.7 Å². The summed E-state index contributed by atoms with van der Waals surface area (Å²) in [6, 6.07) is 6.47. The Morgan fingerprint density at radius 1 is 1.44 bits per heavy atom. The van der Waals surface area contributed by atoms with Gasteiger partial charge in [0.1, 0.15) is 12.4 Å². The molecule has 0 aliphatic carbocycles. The Balaban J connectivity index is 2.13. The van der Waals surface area contributed by atoms with Crippen LogP contribution in [0.25, 0.3) is 0 Å². The lowest BCUT2D eigenvalue weighted by molar-refractivity contribution is -0.130. The van der Waals surface area contributed by atoms with Gasteiger partial charge in [-0.1, -0.05) is 31.7 Å². The van der Waals surface area contributed by atoms with Crippen molar-refractivity contribution in [2.24, 2.45) is 11.7 Å². The van der Waals surface area contributed by atoms with E-state index in [-0.39, 0.29) is 24.9 Å². The number of allylic oxidation sites excluding steroid dienone is 1. The molecule has 1 aliphatic heterocycles. The average molecular weight is 369 g/mol. The number of amides is 1. The summed E-state index contributed by atoms with van der Waals surface area (Å²) in [6.07, 6.45) is -0.829. The first-order valence-corrected chi connectivity index (χ1v) is 8.80. The van der Waals surface area contributed by atoms with Gasteiger partial charge >= 0.3 is 6.09 Å². The number of nitrogens with two attached hydrogens (primary N) is 1. The van der Waals surface area contributed by atoms with Gasteiger partial charge in [-0.2, -0.15) is 0 Å². The Morgan fingerprint density at radius 3 is 2.76 bits per heavy atom. The minimum absolute atomic E-state index is 0.0732. The Kier molecular flexibility index (Phi) is 6.18. The first-order chi connectivity index (χ1) is 11.7. The predicted molar refractivity (Wildman–Crippen MR) is 94.9 cm³/mol. The SMILES string of the molecule is CC(C)C1=C(Sc2cccc(F)c2)N(C)C(C)(OCCOC(N)=O)N1. The molecule has 8 heteroatoms. The number of hydrogen-bond acceptors (Lipinski definition) is 6. The molecule has 6 nitrogen and oxygen atoms in total. The lowest BCUT2D eigenvalue weighted by Crippen LogP contribution is -2.51. The van der Waals surface area contributed by atoms with Crippen molar-refractivity contribution in [3.63, 3.8) is 0 Å². The normalized spacial score (nSPS) is 20.2. The van der Waals surface area contributed by atoms with Crippen LogP contribution in [0.4, 0.5) is 9.18 Å². The van der Waals surface area contributed by atoms with Gasteiger partial charge in [-0.15, -0.1) is 0 Å². The molecule has 2 rings (SSSR count). The minimum atomic E-state index is -0.829. The Morgan fingerprint density at radius 2 is 2.16 bits per heavy atom. The van der Waals surface area contributed by atoms with E-state index in [1.165, 1.54) is 23.9 Å². The largest absolute Gasteiger partial charge is 0.447 e. The van der Waals surface area contributed by atoms with E-state index in [0.717, 1.165) is 15.6 Å². The van der Waals surface area contributed by atoms with Crippen LogP contribution in [0.15, 0.2) is 39.9 Å². The first-order valence-electron chi connectivity index (χ1n) is 7.98. The van der Waals surface area contributed by atoms with E-state index in [1.807, 2.05) is 24.9 Å². The molecule has 1 heterocycles. The highest BCUT2D eigenvalue weighted by Crippen LogP contribution is 2.40. The van der Waals surface area contributed by atoms with Crippen molar-refractivity contribution in [3.8, 4) is 0 Å². The predicted octanol–water partition coefficient (Wildman–Crippen LogP) is 3.06. The van der Waals surface area contributed by atoms with E-state index in [0.29, 0.717) is 0 Å². The number of primary amides is 1. The van der Waals surface area contributed by atoms with E-state index in [4.69, 9.17) is 15.2 Å². The molecule has 3 N–H and O–H groups in total. The number of benzene rings is 1. The highest BCUT2D eigenvalue weighted by atomic mass is 32.2. The fourth-order valence-electron chi connectivity index (χ4n) is 2.43. The molecule has 1 atom stereocenters. The second kappa shape index (κ2) is 7.97. The smallest absolute Gasteiger partial charge is 0.404 e. The monoisotopic (exact) mass is 369 g/mol. The van der Waals surface area contributed by atoms with Crippen molar-refractivity contribution in [3.05, 3.63) is 40.8 Å². The van der Waals surface area contributed by atoms with Crippen LogP contribution < -0.4 is 11.1 Å². The van der Waals surface area contributed by atoms with Crippen molar-refractivity contribution >= 4 is 17.9 Å². The van der Waals surface area contributed by atoms with Gasteiger partial charge in [0.25, 0.3) is 0 Å². The fourth-order valence-corrected chi connectivity index (χ4v) is 3.68. The van der Waals surface area contributed by atoms with Gasteiger partial charge in [-0.3, -0.25) is 0 Å². The second-order valence-electron chi connectivity index (χ2n) is 6.12. The molecular formula is C17H24FN3O3S. The van der Waals surface area contributed by atoms with Gasteiger partial charge in [-0.25, -0.2) is 9.18 Å². The molecule has 1 aromatic carbocycles. The zero-order chi connectivity index (χ0) is 18.6. The molecular weight excluding hydrogens is 345 g/mol. The summed E-state index contributed by atoms with van der Waals surface area (Å²) in [5.41, 5.74) is 5.95. The van der Waals surface area contributed by atoms with Crippen molar-refractivity contribution in [1.29, 1.82) is 0 Å². The average Bonchev–Trinajstić information content (AvgIpc) is 2.77. The summed E-state index contributed by atoms with van der Waals surface area (Å²) in [5, 5.41) is 4.34. The number of halogens is 1. The lowest BCUT2D eigenvalue weighted by atomic mass is 10.1. The van der Waals surface area contributed by atoms with E-state index >= 15 is 0 Å². The number of thioether (sulfide) groups is 1. The minimum Gasteiger partial charge on any atom is -0.447 e. The number of carbonyl (C=O) groups excluding carboxylic acids is 1. The number of ether oxygens (including phenoxy) is 2. The van der Waals surface area contributed by atoms with Crippen molar-refractivity contribution in [2.75, 3.05) is 20.3 Å². The molecule has 1 aliphatic rings. The molecule has 0 saturated heterocycles. The van der Waals surface area contributed by atoms with Gasteiger partial charge in [0.15, 0.2) is 0 Å². The zero-order valence-electron chi connectivity index (χ0n) is 14.8. The molecule has 1 unspecified atom stereocenters. The summed E-state index contributed by atoms with van der Waals surface area (Å²) >= 11 is 1.47. The quantitative estimate of drug-likeness (QED) is 0.720. The molecule has 0 spiro atoms. The molecule has 0 saturated carbocycles. The molecule has 1 amide bonds. The summed E-state index contributed by atoms with van der Waals surface area (Å²) < 4.78 is 24.1. The maximum atomic E-state index is 13.5. The molecule has 25 heavy (non-hydrogen) atoms. The summed E-state index contributed by atoms with van der Waals surface area (Å²) in [7, 11) is 1.90. The van der Waals surface area contributed by atoms with Gasteiger partial charge in [-0.05, 0) is 24.1 Å². The molecule has 1 aromatic rings. The topological polar surface area (TPSA) is 76.8 Å².